The molecule has 0 spiro atoms. The van der Waals surface area contributed by atoms with Crippen molar-refractivity contribution in [1.29, 1.82) is 0 Å². The molecule has 1 aromatic rings. The Labute approximate surface area is 87.6 Å². The van der Waals surface area contributed by atoms with Crippen LogP contribution in [0.15, 0.2) is 24.3 Å². The molecule has 0 fully saturated rings. The van der Waals surface area contributed by atoms with Crippen LogP contribution in [-0.4, -0.2) is 5.11 Å². The van der Waals surface area contributed by atoms with Crippen molar-refractivity contribution in [1.82, 2.24) is 0 Å². The molecular weight excluding hydrogens is 207 g/mol. The first-order chi connectivity index (χ1) is 6.15. The number of phenols is 1. The molecule has 0 saturated carbocycles. The fourth-order valence-corrected chi connectivity index (χ4v) is 1.52. The van der Waals surface area contributed by atoms with Gasteiger partial charge in [0, 0.05) is 0 Å². The van der Waals surface area contributed by atoms with Crippen LogP contribution in [0.5, 0.6) is 5.75 Å². The zero-order valence-electron chi connectivity index (χ0n) is 7.22. The van der Waals surface area contributed by atoms with Gasteiger partial charge in [-0.2, -0.15) is 0 Å². The minimum absolute atomic E-state index is 0.0486. The van der Waals surface area contributed by atoms with Gasteiger partial charge in [0.2, 0.25) is 0 Å². The van der Waals surface area contributed by atoms with Gasteiger partial charge < -0.3 is 5.11 Å². The third kappa shape index (κ3) is 2.64. The second kappa shape index (κ2) is 4.54. The number of aromatic hydroxyl groups is 1. The maximum Gasteiger partial charge on any atom is 0.152 e. The van der Waals surface area contributed by atoms with Crippen LogP contribution < -0.4 is 0 Å². The Balaban J connectivity index is 2.99. The Morgan fingerprint density at radius 2 is 1.85 bits per heavy atom. The van der Waals surface area contributed by atoms with Crippen molar-refractivity contribution in [2.75, 3.05) is 0 Å². The van der Waals surface area contributed by atoms with Crippen molar-refractivity contribution >= 4 is 23.2 Å². The molecule has 1 aromatic carbocycles. The maximum absolute atomic E-state index is 9.27. The molecule has 0 aliphatic heterocycles. The lowest BCUT2D eigenvalue weighted by atomic mass is 10.1. The van der Waals surface area contributed by atoms with Gasteiger partial charge in [-0.15, -0.1) is 0 Å². The van der Waals surface area contributed by atoms with E-state index in [2.05, 4.69) is 0 Å². The first-order valence-electron chi connectivity index (χ1n) is 3.93. The molecule has 0 aliphatic rings. The lowest BCUT2D eigenvalue weighted by Gasteiger charge is -2.02. The van der Waals surface area contributed by atoms with Gasteiger partial charge in [0.05, 0.1) is 10.0 Å². The molecule has 1 nitrogen and oxygen atoms in total. The Kier molecular flexibility index (Phi) is 3.64. The first-order valence-corrected chi connectivity index (χ1v) is 4.68. The highest BCUT2D eigenvalue weighted by molar-refractivity contribution is 6.37. The van der Waals surface area contributed by atoms with E-state index in [1.807, 2.05) is 19.1 Å². The van der Waals surface area contributed by atoms with Crippen LogP contribution >= 0.6 is 23.2 Å². The Hall–Kier alpha value is -0.660. The van der Waals surface area contributed by atoms with E-state index in [1.165, 1.54) is 0 Å². The van der Waals surface area contributed by atoms with E-state index < -0.39 is 0 Å². The number of halogens is 2. The summed E-state index contributed by atoms with van der Waals surface area (Å²) < 4.78 is 0. The van der Waals surface area contributed by atoms with Crippen LogP contribution in [0.25, 0.3) is 0 Å². The number of benzene rings is 1. The summed E-state index contributed by atoms with van der Waals surface area (Å²) in [6.45, 7) is 1.95. The van der Waals surface area contributed by atoms with E-state index in [1.54, 1.807) is 12.1 Å². The quantitative estimate of drug-likeness (QED) is 0.746. The van der Waals surface area contributed by atoms with Crippen LogP contribution in [0.3, 0.4) is 0 Å². The molecule has 13 heavy (non-hydrogen) atoms. The van der Waals surface area contributed by atoms with Crippen molar-refractivity contribution in [2.45, 2.75) is 13.3 Å². The molecule has 0 unspecified atom stereocenters. The fourth-order valence-electron chi connectivity index (χ4n) is 0.990. The molecule has 0 bridgehead atoms. The van der Waals surface area contributed by atoms with Gasteiger partial charge in [0.15, 0.2) is 5.75 Å². The summed E-state index contributed by atoms with van der Waals surface area (Å²) in [6.07, 6.45) is 4.73. The predicted octanol–water partition coefficient (Wildman–Crippen LogP) is 3.82. The van der Waals surface area contributed by atoms with Gasteiger partial charge >= 0.3 is 0 Å². The summed E-state index contributed by atoms with van der Waals surface area (Å²) in [7, 11) is 0. The van der Waals surface area contributed by atoms with E-state index in [-0.39, 0.29) is 5.75 Å². The van der Waals surface area contributed by atoms with Crippen molar-refractivity contribution in [3.8, 4) is 5.75 Å². The largest absolute Gasteiger partial charge is 0.505 e. The maximum atomic E-state index is 9.27. The summed E-state index contributed by atoms with van der Waals surface area (Å²) in [4.78, 5) is 0. The van der Waals surface area contributed by atoms with Gasteiger partial charge in [0.1, 0.15) is 0 Å². The van der Waals surface area contributed by atoms with Crippen LogP contribution in [-0.2, 0) is 6.42 Å². The smallest absolute Gasteiger partial charge is 0.152 e. The van der Waals surface area contributed by atoms with Crippen molar-refractivity contribution < 1.29 is 5.11 Å². The van der Waals surface area contributed by atoms with Gasteiger partial charge in [-0.05, 0) is 31.0 Å². The number of allylic oxidation sites excluding steroid dienone is 2. The first kappa shape index (κ1) is 10.4. The van der Waals surface area contributed by atoms with Gasteiger partial charge in [-0.25, -0.2) is 0 Å². The molecular formula is C10H10Cl2O. The fraction of sp³-hybridized carbons (Fsp3) is 0.200. The average Bonchev–Trinajstić information content (AvgIpc) is 2.10. The number of phenolic OH excluding ortho intramolecular Hbond substituents is 1. The summed E-state index contributed by atoms with van der Waals surface area (Å²) in [6, 6.07) is 3.42. The molecule has 0 aromatic heterocycles. The zero-order valence-corrected chi connectivity index (χ0v) is 8.73. The van der Waals surface area contributed by atoms with Gasteiger partial charge in [-0.3, -0.25) is 0 Å². The van der Waals surface area contributed by atoms with Crippen molar-refractivity contribution in [3.05, 3.63) is 39.9 Å². The van der Waals surface area contributed by atoms with Crippen molar-refractivity contribution in [2.24, 2.45) is 0 Å². The Morgan fingerprint density at radius 1 is 1.31 bits per heavy atom. The molecule has 1 N–H and O–H groups in total. The molecule has 3 heteroatoms. The lowest BCUT2D eigenvalue weighted by molar-refractivity contribution is 0.475. The monoisotopic (exact) mass is 216 g/mol. The Morgan fingerprint density at radius 3 is 2.31 bits per heavy atom. The number of rotatable bonds is 2. The molecule has 0 amide bonds. The summed E-state index contributed by atoms with van der Waals surface area (Å²) >= 11 is 11.5. The van der Waals surface area contributed by atoms with Crippen LogP contribution in [0, 0.1) is 0 Å². The third-order valence-corrected chi connectivity index (χ3v) is 2.24. The SMILES string of the molecule is CC=CCc1cc(Cl)c(O)c(Cl)c1. The van der Waals surface area contributed by atoms with Crippen LogP contribution in [0.2, 0.25) is 10.0 Å². The topological polar surface area (TPSA) is 20.2 Å². The number of hydrogen-bond acceptors (Lipinski definition) is 1. The second-order valence-corrected chi connectivity index (χ2v) is 3.50. The molecule has 1 rings (SSSR count). The molecule has 0 atom stereocenters. The summed E-state index contributed by atoms with van der Waals surface area (Å²) in [5, 5.41) is 9.87. The van der Waals surface area contributed by atoms with E-state index in [4.69, 9.17) is 23.2 Å². The standard InChI is InChI=1S/C10H10Cl2O/c1-2-3-4-7-5-8(11)10(13)9(12)6-7/h2-3,5-6,13H,4H2,1H3. The summed E-state index contributed by atoms with van der Waals surface area (Å²) in [5.74, 6) is -0.0486. The number of hydrogen-bond donors (Lipinski definition) is 1. The molecule has 0 aliphatic carbocycles. The molecule has 0 radical (unpaired) electrons. The van der Waals surface area contributed by atoms with Gasteiger partial charge in [0.25, 0.3) is 0 Å². The minimum Gasteiger partial charge on any atom is -0.505 e. The highest BCUT2D eigenvalue weighted by atomic mass is 35.5. The highest BCUT2D eigenvalue weighted by Gasteiger charge is 2.05. The molecule has 70 valence electrons. The summed E-state index contributed by atoms with van der Waals surface area (Å²) in [5.41, 5.74) is 0.992. The van der Waals surface area contributed by atoms with Gasteiger partial charge in [-0.1, -0.05) is 35.4 Å². The minimum atomic E-state index is -0.0486. The van der Waals surface area contributed by atoms with E-state index >= 15 is 0 Å². The third-order valence-electron chi connectivity index (χ3n) is 1.67. The van der Waals surface area contributed by atoms with E-state index in [0.29, 0.717) is 10.0 Å². The van der Waals surface area contributed by atoms with Crippen molar-refractivity contribution in [3.63, 3.8) is 0 Å². The van der Waals surface area contributed by atoms with E-state index in [0.717, 1.165) is 12.0 Å². The van der Waals surface area contributed by atoms with Crippen LogP contribution in [0.4, 0.5) is 0 Å². The van der Waals surface area contributed by atoms with E-state index in [9.17, 15) is 5.11 Å². The predicted molar refractivity (Wildman–Crippen MR) is 56.6 cm³/mol. The highest BCUT2D eigenvalue weighted by Crippen LogP contribution is 2.32. The second-order valence-electron chi connectivity index (χ2n) is 2.68. The molecule has 0 saturated heterocycles. The van der Waals surface area contributed by atoms with Crippen LogP contribution in [0.1, 0.15) is 12.5 Å². The average molecular weight is 217 g/mol. The molecule has 0 heterocycles. The normalized spacial score (nSPS) is 11.0. The zero-order chi connectivity index (χ0) is 9.84. The Bertz CT molecular complexity index is 309. The lowest BCUT2D eigenvalue weighted by Crippen LogP contribution is -1.82.